The monoisotopic (exact) mass is 404 g/mol. The van der Waals surface area contributed by atoms with Gasteiger partial charge in [-0.1, -0.05) is 47.3 Å². The van der Waals surface area contributed by atoms with Gasteiger partial charge in [0.05, 0.1) is 0 Å². The van der Waals surface area contributed by atoms with E-state index in [1.54, 1.807) is 42.6 Å². The first-order chi connectivity index (χ1) is 15.2. The Morgan fingerprint density at radius 1 is 0.806 bits per heavy atom. The van der Waals surface area contributed by atoms with Gasteiger partial charge in [0, 0.05) is 34.2 Å². The lowest BCUT2D eigenvalue weighted by atomic mass is 10.1. The van der Waals surface area contributed by atoms with Crippen LogP contribution in [0.1, 0.15) is 11.1 Å². The van der Waals surface area contributed by atoms with E-state index in [9.17, 15) is 10.3 Å². The predicted octanol–water partition coefficient (Wildman–Crippen LogP) is 5.04. The van der Waals surface area contributed by atoms with E-state index in [-0.39, 0.29) is 5.75 Å². The Balaban J connectivity index is 1.62. The normalized spacial score (nSPS) is 11.4. The lowest BCUT2D eigenvalue weighted by molar-refractivity contribution is 0.302. The third kappa shape index (κ3) is 3.70. The maximum absolute atomic E-state index is 9.59. The van der Waals surface area contributed by atoms with Crippen LogP contribution in [0.5, 0.6) is 5.75 Å². The summed E-state index contributed by atoms with van der Waals surface area (Å²) in [7, 11) is 0. The molecule has 3 aromatic carbocycles. The number of aromatic hydroxyl groups is 1. The van der Waals surface area contributed by atoms with Crippen molar-refractivity contribution < 1.29 is 14.7 Å². The zero-order chi connectivity index (χ0) is 21.2. The van der Waals surface area contributed by atoms with Crippen molar-refractivity contribution in [3.63, 3.8) is 0 Å². The SMILES string of the molecule is O/N=c1/cc(-c2cc3ccccc3cn2)oc2cc(C#Cc3cccc(O)c3)ccc12. The standard InChI is InChI=1S/C26H16N2O3/c29-21-7-3-4-17(12-21)8-9-18-10-11-22-23(28-30)15-26(31-25(22)13-18)24-14-19-5-1-2-6-20(19)16-27-24/h1-7,10-16,29-30H/b28-23-. The van der Waals surface area contributed by atoms with Crippen LogP contribution in [0.3, 0.4) is 0 Å². The van der Waals surface area contributed by atoms with Gasteiger partial charge in [0.1, 0.15) is 22.4 Å². The fourth-order valence-corrected chi connectivity index (χ4v) is 3.40. The summed E-state index contributed by atoms with van der Waals surface area (Å²) in [6.07, 6.45) is 1.79. The van der Waals surface area contributed by atoms with Crippen LogP contribution in [-0.4, -0.2) is 15.3 Å². The van der Waals surface area contributed by atoms with Crippen molar-refractivity contribution in [1.29, 1.82) is 0 Å². The van der Waals surface area contributed by atoms with Crippen molar-refractivity contribution in [2.24, 2.45) is 5.16 Å². The van der Waals surface area contributed by atoms with Crippen molar-refractivity contribution in [2.75, 3.05) is 0 Å². The van der Waals surface area contributed by atoms with Crippen molar-refractivity contribution in [3.8, 4) is 29.0 Å². The first-order valence-electron chi connectivity index (χ1n) is 9.62. The van der Waals surface area contributed by atoms with Crippen molar-refractivity contribution >= 4 is 21.7 Å². The Morgan fingerprint density at radius 3 is 2.42 bits per heavy atom. The fourth-order valence-electron chi connectivity index (χ4n) is 3.40. The quantitative estimate of drug-likeness (QED) is 0.233. The summed E-state index contributed by atoms with van der Waals surface area (Å²) in [6.45, 7) is 0. The summed E-state index contributed by atoms with van der Waals surface area (Å²) < 4.78 is 6.11. The molecule has 31 heavy (non-hydrogen) atoms. The van der Waals surface area contributed by atoms with E-state index >= 15 is 0 Å². The van der Waals surface area contributed by atoms with Gasteiger partial charge in [-0.25, -0.2) is 0 Å². The molecule has 0 bridgehead atoms. The van der Waals surface area contributed by atoms with Crippen LogP contribution in [0.2, 0.25) is 0 Å². The molecule has 0 spiro atoms. The molecular weight excluding hydrogens is 388 g/mol. The van der Waals surface area contributed by atoms with Crippen molar-refractivity contribution in [1.82, 2.24) is 4.98 Å². The van der Waals surface area contributed by atoms with Gasteiger partial charge in [-0.3, -0.25) is 4.98 Å². The molecule has 0 atom stereocenters. The van der Waals surface area contributed by atoms with Gasteiger partial charge in [-0.05, 0) is 47.9 Å². The highest BCUT2D eigenvalue weighted by Crippen LogP contribution is 2.24. The largest absolute Gasteiger partial charge is 0.508 e. The van der Waals surface area contributed by atoms with Crippen molar-refractivity contribution in [2.45, 2.75) is 0 Å². The number of phenolic OH excluding ortho intramolecular Hbond substituents is 1. The minimum absolute atomic E-state index is 0.169. The number of nitrogens with zero attached hydrogens (tertiary/aromatic N) is 2. The van der Waals surface area contributed by atoms with Gasteiger partial charge in [-0.15, -0.1) is 0 Å². The number of hydrogen-bond donors (Lipinski definition) is 2. The van der Waals surface area contributed by atoms with E-state index in [1.165, 1.54) is 0 Å². The van der Waals surface area contributed by atoms with E-state index in [1.807, 2.05) is 42.5 Å². The van der Waals surface area contributed by atoms with Gasteiger partial charge >= 0.3 is 0 Å². The maximum atomic E-state index is 9.59. The van der Waals surface area contributed by atoms with E-state index in [4.69, 9.17) is 4.42 Å². The van der Waals surface area contributed by atoms with Crippen LogP contribution < -0.4 is 5.36 Å². The highest BCUT2D eigenvalue weighted by molar-refractivity contribution is 5.85. The second-order valence-electron chi connectivity index (χ2n) is 7.02. The summed E-state index contributed by atoms with van der Waals surface area (Å²) in [5.74, 6) is 6.75. The number of benzene rings is 3. The average molecular weight is 404 g/mol. The minimum Gasteiger partial charge on any atom is -0.508 e. The number of aromatic nitrogens is 1. The highest BCUT2D eigenvalue weighted by Gasteiger charge is 2.09. The second kappa shape index (κ2) is 7.69. The van der Waals surface area contributed by atoms with Gasteiger partial charge in [-0.2, -0.15) is 0 Å². The third-order valence-corrected chi connectivity index (χ3v) is 4.93. The van der Waals surface area contributed by atoms with Crippen LogP contribution in [-0.2, 0) is 0 Å². The van der Waals surface area contributed by atoms with Gasteiger partial charge in [0.2, 0.25) is 0 Å². The van der Waals surface area contributed by atoms with Crippen LogP contribution in [0.25, 0.3) is 33.2 Å². The lowest BCUT2D eigenvalue weighted by Crippen LogP contribution is -2.04. The minimum atomic E-state index is 0.169. The zero-order valence-electron chi connectivity index (χ0n) is 16.3. The van der Waals surface area contributed by atoms with E-state index in [2.05, 4.69) is 22.0 Å². The summed E-state index contributed by atoms with van der Waals surface area (Å²) in [5.41, 5.74) is 2.61. The first kappa shape index (κ1) is 18.5. The average Bonchev–Trinajstić information content (AvgIpc) is 2.81. The van der Waals surface area contributed by atoms with Crippen LogP contribution in [0.15, 0.2) is 94.6 Å². The van der Waals surface area contributed by atoms with E-state index < -0.39 is 0 Å². The maximum Gasteiger partial charge on any atom is 0.155 e. The smallest absolute Gasteiger partial charge is 0.155 e. The molecule has 0 fully saturated rings. The van der Waals surface area contributed by atoms with Crippen molar-refractivity contribution in [3.05, 3.63) is 102 Å². The fraction of sp³-hybridized carbons (Fsp3) is 0. The Kier molecular flexibility index (Phi) is 4.58. The van der Waals surface area contributed by atoms with Crippen LogP contribution in [0.4, 0.5) is 0 Å². The van der Waals surface area contributed by atoms with E-state index in [0.717, 1.165) is 16.3 Å². The Labute approximate surface area is 177 Å². The molecule has 0 radical (unpaired) electrons. The topological polar surface area (TPSA) is 78.9 Å². The van der Waals surface area contributed by atoms with Crippen LogP contribution >= 0.6 is 0 Å². The summed E-state index contributed by atoms with van der Waals surface area (Å²) in [6, 6.07) is 23.7. The molecule has 0 unspecified atom stereocenters. The zero-order valence-corrected chi connectivity index (χ0v) is 16.3. The Hall–Kier alpha value is -4.56. The Morgan fingerprint density at radius 2 is 1.61 bits per heavy atom. The molecule has 0 aliphatic carbocycles. The highest BCUT2D eigenvalue weighted by atomic mass is 16.4. The molecule has 0 aliphatic rings. The third-order valence-electron chi connectivity index (χ3n) is 4.93. The molecule has 5 rings (SSSR count). The number of fused-ring (bicyclic) bond motifs is 2. The Bertz CT molecular complexity index is 1570. The molecular formula is C26H16N2O3. The number of pyridine rings is 1. The number of rotatable bonds is 1. The predicted molar refractivity (Wildman–Crippen MR) is 118 cm³/mol. The molecule has 148 valence electrons. The van der Waals surface area contributed by atoms with E-state index in [0.29, 0.717) is 33.3 Å². The molecule has 2 N–H and O–H groups in total. The lowest BCUT2D eigenvalue weighted by Gasteiger charge is -2.05. The molecule has 0 saturated heterocycles. The summed E-state index contributed by atoms with van der Waals surface area (Å²) >= 11 is 0. The molecule has 0 aliphatic heterocycles. The molecule has 5 aromatic rings. The van der Waals surface area contributed by atoms with Crippen LogP contribution in [0, 0.1) is 11.8 Å². The van der Waals surface area contributed by atoms with Gasteiger partial charge in [0.25, 0.3) is 0 Å². The molecule has 2 heterocycles. The number of hydrogen-bond acceptors (Lipinski definition) is 5. The second-order valence-corrected chi connectivity index (χ2v) is 7.02. The molecule has 5 nitrogen and oxygen atoms in total. The van der Waals surface area contributed by atoms with Gasteiger partial charge < -0.3 is 14.7 Å². The molecule has 0 saturated carbocycles. The van der Waals surface area contributed by atoms with Gasteiger partial charge in [0.15, 0.2) is 5.76 Å². The number of phenols is 1. The first-order valence-corrected chi connectivity index (χ1v) is 9.62. The summed E-state index contributed by atoms with van der Waals surface area (Å²) in [5, 5.41) is 25.7. The summed E-state index contributed by atoms with van der Waals surface area (Å²) in [4.78, 5) is 4.50. The molecule has 2 aromatic heterocycles. The molecule has 5 heteroatoms. The molecule has 0 amide bonds.